The van der Waals surface area contributed by atoms with Crippen LogP contribution >= 0.6 is 0 Å². The maximum absolute atomic E-state index is 13.1. The van der Waals surface area contributed by atoms with Crippen LogP contribution in [0.1, 0.15) is 5.56 Å². The number of nitrogens with zero attached hydrogens (tertiary/aromatic N) is 2. The summed E-state index contributed by atoms with van der Waals surface area (Å²) < 4.78 is 21.0. The summed E-state index contributed by atoms with van der Waals surface area (Å²) in [5.41, 5.74) is 2.92. The first-order valence-corrected chi connectivity index (χ1v) is 10.1. The van der Waals surface area contributed by atoms with Crippen LogP contribution in [-0.2, 0) is 23.2 Å². The van der Waals surface area contributed by atoms with Gasteiger partial charge in [-0.25, -0.2) is 19.0 Å². The number of carbonyl (C=O) groups is 2. The molecule has 0 atom stereocenters. The molecule has 8 nitrogen and oxygen atoms in total. The molecule has 34 heavy (non-hydrogen) atoms. The van der Waals surface area contributed by atoms with Gasteiger partial charge in [0, 0.05) is 19.2 Å². The molecule has 0 aliphatic carbocycles. The zero-order valence-electron chi connectivity index (χ0n) is 18.2. The number of anilines is 1. The Morgan fingerprint density at radius 2 is 1.59 bits per heavy atom. The van der Waals surface area contributed by atoms with Crippen LogP contribution in [0.15, 0.2) is 85.1 Å². The summed E-state index contributed by atoms with van der Waals surface area (Å²) in [5.74, 6) is -1.56. The topological polar surface area (TPSA) is 114 Å². The SMILES string of the molecule is Cn1c(-c2ccc(F)cc2)cnc1NCc1cccc(Oc2ccccc2)c1.O=C(O)C(=O)O. The van der Waals surface area contributed by atoms with E-state index >= 15 is 0 Å². The maximum atomic E-state index is 13.1. The van der Waals surface area contributed by atoms with Crippen LogP contribution in [0, 0.1) is 5.82 Å². The third-order valence-electron chi connectivity index (χ3n) is 4.64. The van der Waals surface area contributed by atoms with E-state index in [2.05, 4.69) is 10.3 Å². The highest BCUT2D eigenvalue weighted by Gasteiger charge is 2.09. The van der Waals surface area contributed by atoms with E-state index in [0.29, 0.717) is 6.54 Å². The average Bonchev–Trinajstić information content (AvgIpc) is 3.20. The Morgan fingerprint density at radius 1 is 0.941 bits per heavy atom. The van der Waals surface area contributed by atoms with E-state index in [1.807, 2.05) is 66.2 Å². The first-order chi connectivity index (χ1) is 16.3. The molecule has 4 rings (SSSR count). The zero-order chi connectivity index (χ0) is 24.5. The molecule has 1 heterocycles. The highest BCUT2D eigenvalue weighted by molar-refractivity contribution is 6.27. The number of halogens is 1. The van der Waals surface area contributed by atoms with Gasteiger partial charge in [-0.15, -0.1) is 0 Å². The van der Waals surface area contributed by atoms with Crippen molar-refractivity contribution in [1.82, 2.24) is 9.55 Å². The number of nitrogens with one attached hydrogen (secondary N) is 1. The molecule has 0 spiro atoms. The molecular formula is C25H22FN3O5. The molecule has 3 aromatic carbocycles. The standard InChI is InChI=1S/C23H20FN3O.C2H2O4/c1-27-22(18-10-12-19(24)13-11-18)16-26-23(27)25-15-17-6-5-9-21(14-17)28-20-7-3-2-4-8-20;3-1(4)2(5)6/h2-14,16H,15H2,1H3,(H,25,26);(H,3,4)(H,5,6). The monoisotopic (exact) mass is 463 g/mol. The van der Waals surface area contributed by atoms with Crippen LogP contribution in [0.4, 0.5) is 10.3 Å². The highest BCUT2D eigenvalue weighted by atomic mass is 19.1. The van der Waals surface area contributed by atoms with Crippen molar-refractivity contribution in [3.05, 3.63) is 96.4 Å². The van der Waals surface area contributed by atoms with E-state index < -0.39 is 11.9 Å². The number of benzene rings is 3. The van der Waals surface area contributed by atoms with Crippen LogP contribution < -0.4 is 10.1 Å². The van der Waals surface area contributed by atoms with Crippen LogP contribution in [0.3, 0.4) is 0 Å². The molecule has 0 amide bonds. The second kappa shape index (κ2) is 11.3. The molecule has 0 saturated carbocycles. The summed E-state index contributed by atoms with van der Waals surface area (Å²) in [7, 11) is 1.93. The van der Waals surface area contributed by atoms with Gasteiger partial charge in [0.15, 0.2) is 0 Å². The summed E-state index contributed by atoms with van der Waals surface area (Å²) in [4.78, 5) is 22.6. The van der Waals surface area contributed by atoms with E-state index in [9.17, 15) is 4.39 Å². The molecule has 0 aliphatic rings. The lowest BCUT2D eigenvalue weighted by atomic mass is 10.2. The largest absolute Gasteiger partial charge is 0.473 e. The molecular weight excluding hydrogens is 441 g/mol. The van der Waals surface area contributed by atoms with Gasteiger partial charge in [0.05, 0.1) is 11.9 Å². The number of rotatable bonds is 6. The summed E-state index contributed by atoms with van der Waals surface area (Å²) in [6.07, 6.45) is 1.78. The lowest BCUT2D eigenvalue weighted by molar-refractivity contribution is -0.159. The fraction of sp³-hybridized carbons (Fsp3) is 0.0800. The van der Waals surface area contributed by atoms with Gasteiger partial charge in [-0.2, -0.15) is 0 Å². The maximum Gasteiger partial charge on any atom is 0.414 e. The minimum Gasteiger partial charge on any atom is -0.473 e. The Balaban J connectivity index is 0.000000481. The number of hydrogen-bond acceptors (Lipinski definition) is 5. The normalized spacial score (nSPS) is 10.1. The fourth-order valence-corrected chi connectivity index (χ4v) is 2.99. The van der Waals surface area contributed by atoms with E-state index in [4.69, 9.17) is 24.5 Å². The molecule has 0 unspecified atom stereocenters. The number of imidazole rings is 1. The number of para-hydroxylation sites is 1. The Hall–Kier alpha value is -4.66. The molecule has 0 bridgehead atoms. The molecule has 0 radical (unpaired) electrons. The molecule has 0 aliphatic heterocycles. The van der Waals surface area contributed by atoms with Gasteiger partial charge in [-0.3, -0.25) is 0 Å². The van der Waals surface area contributed by atoms with Crippen molar-refractivity contribution in [2.24, 2.45) is 7.05 Å². The van der Waals surface area contributed by atoms with E-state index in [-0.39, 0.29) is 5.82 Å². The smallest absolute Gasteiger partial charge is 0.414 e. The molecule has 4 aromatic rings. The van der Waals surface area contributed by atoms with Crippen molar-refractivity contribution in [1.29, 1.82) is 0 Å². The fourth-order valence-electron chi connectivity index (χ4n) is 2.99. The van der Waals surface area contributed by atoms with Crippen LogP contribution in [-0.4, -0.2) is 31.7 Å². The number of carboxylic acids is 2. The van der Waals surface area contributed by atoms with Crippen LogP contribution in [0.25, 0.3) is 11.3 Å². The molecule has 1 aromatic heterocycles. The quantitative estimate of drug-likeness (QED) is 0.353. The van der Waals surface area contributed by atoms with Gasteiger partial charge >= 0.3 is 11.9 Å². The van der Waals surface area contributed by atoms with Gasteiger partial charge in [0.2, 0.25) is 5.95 Å². The van der Waals surface area contributed by atoms with E-state index in [1.165, 1.54) is 12.1 Å². The first kappa shape index (κ1) is 24.0. The highest BCUT2D eigenvalue weighted by Crippen LogP contribution is 2.24. The molecule has 0 fully saturated rings. The molecule has 0 saturated heterocycles. The minimum absolute atomic E-state index is 0.248. The molecule has 3 N–H and O–H groups in total. The van der Waals surface area contributed by atoms with Gasteiger partial charge in [-0.1, -0.05) is 30.3 Å². The van der Waals surface area contributed by atoms with Crippen molar-refractivity contribution in [2.75, 3.05) is 5.32 Å². The molecule has 174 valence electrons. The lowest BCUT2D eigenvalue weighted by Gasteiger charge is -2.10. The Kier molecular flexibility index (Phi) is 7.96. The van der Waals surface area contributed by atoms with E-state index in [1.54, 1.807) is 18.3 Å². The zero-order valence-corrected chi connectivity index (χ0v) is 18.2. The number of carboxylic acid groups (broad SMARTS) is 2. The van der Waals surface area contributed by atoms with Crippen molar-refractivity contribution >= 4 is 17.9 Å². The third kappa shape index (κ3) is 6.67. The predicted octanol–water partition coefficient (Wildman–Crippen LogP) is 4.79. The van der Waals surface area contributed by atoms with E-state index in [0.717, 1.165) is 34.3 Å². The third-order valence-corrected chi connectivity index (χ3v) is 4.64. The minimum atomic E-state index is -1.82. The number of hydrogen-bond donors (Lipinski definition) is 3. The number of aromatic nitrogens is 2. The summed E-state index contributed by atoms with van der Waals surface area (Å²) >= 11 is 0. The summed E-state index contributed by atoms with van der Waals surface area (Å²) in [6.45, 7) is 0.611. The second-order valence-corrected chi connectivity index (χ2v) is 7.06. The number of ether oxygens (including phenoxy) is 1. The number of aliphatic carboxylic acids is 2. The van der Waals surface area contributed by atoms with Crippen LogP contribution in [0.5, 0.6) is 11.5 Å². The van der Waals surface area contributed by atoms with Gasteiger partial charge < -0.3 is 24.8 Å². The van der Waals surface area contributed by atoms with Crippen molar-refractivity contribution in [2.45, 2.75) is 6.54 Å². The first-order valence-electron chi connectivity index (χ1n) is 10.1. The molecule has 9 heteroatoms. The predicted molar refractivity (Wildman–Crippen MR) is 124 cm³/mol. The van der Waals surface area contributed by atoms with Crippen LogP contribution in [0.2, 0.25) is 0 Å². The van der Waals surface area contributed by atoms with Gasteiger partial charge in [0.1, 0.15) is 17.3 Å². The Morgan fingerprint density at radius 3 is 2.24 bits per heavy atom. The van der Waals surface area contributed by atoms with Crippen molar-refractivity contribution < 1.29 is 28.9 Å². The lowest BCUT2D eigenvalue weighted by Crippen LogP contribution is -2.09. The van der Waals surface area contributed by atoms with Crippen molar-refractivity contribution in [3.63, 3.8) is 0 Å². The average molecular weight is 463 g/mol. The van der Waals surface area contributed by atoms with Gasteiger partial charge in [0.25, 0.3) is 0 Å². The van der Waals surface area contributed by atoms with Gasteiger partial charge in [-0.05, 0) is 54.1 Å². The summed E-state index contributed by atoms with van der Waals surface area (Å²) in [6, 6.07) is 24.1. The van der Waals surface area contributed by atoms with Crippen molar-refractivity contribution in [3.8, 4) is 22.8 Å². The second-order valence-electron chi connectivity index (χ2n) is 7.06. The Bertz CT molecular complexity index is 1250. The Labute approximate surface area is 194 Å². The summed E-state index contributed by atoms with van der Waals surface area (Å²) in [5, 5.41) is 18.1.